The molecule has 2 rings (SSSR count). The van der Waals surface area contributed by atoms with Crippen LogP contribution in [0.5, 0.6) is 23.4 Å². The third kappa shape index (κ3) is 6.37. The number of carbonyl (C=O) groups is 1. The molecular formula is C19H19F3N2O5. The van der Waals surface area contributed by atoms with E-state index in [1.807, 2.05) is 0 Å². The fourth-order valence-electron chi connectivity index (χ4n) is 2.06. The van der Waals surface area contributed by atoms with E-state index in [1.165, 1.54) is 25.3 Å². The van der Waals surface area contributed by atoms with Gasteiger partial charge in [-0.3, -0.25) is 0 Å². The van der Waals surface area contributed by atoms with E-state index in [-0.39, 0.29) is 17.4 Å². The summed E-state index contributed by atoms with van der Waals surface area (Å²) in [6.45, 7) is 4.84. The SMILES string of the molecule is CO/C=C/C(=O)Oc1cccc(Oc2cc(C(F)(F)F)nc(OC(C)C)n2)c1C. The van der Waals surface area contributed by atoms with Gasteiger partial charge >= 0.3 is 18.2 Å². The van der Waals surface area contributed by atoms with Crippen LogP contribution in [0.1, 0.15) is 25.1 Å². The monoisotopic (exact) mass is 412 g/mol. The molecule has 0 amide bonds. The summed E-state index contributed by atoms with van der Waals surface area (Å²) in [7, 11) is 1.37. The number of ether oxygens (including phenoxy) is 4. The Morgan fingerprint density at radius 3 is 2.48 bits per heavy atom. The Hall–Kier alpha value is -3.30. The number of methoxy groups -OCH3 is 1. The lowest BCUT2D eigenvalue weighted by molar-refractivity contribution is -0.141. The molecule has 0 atom stereocenters. The van der Waals surface area contributed by atoms with E-state index < -0.39 is 30.0 Å². The van der Waals surface area contributed by atoms with E-state index >= 15 is 0 Å². The fourth-order valence-corrected chi connectivity index (χ4v) is 2.06. The van der Waals surface area contributed by atoms with Crippen molar-refractivity contribution in [2.75, 3.05) is 7.11 Å². The molecule has 0 aliphatic heterocycles. The summed E-state index contributed by atoms with van der Waals surface area (Å²) in [6, 6.07) is 4.72. The Bertz CT molecular complexity index is 898. The van der Waals surface area contributed by atoms with Gasteiger partial charge < -0.3 is 18.9 Å². The molecule has 0 fully saturated rings. The predicted octanol–water partition coefficient (Wildman–Crippen LogP) is 4.45. The second-order valence-electron chi connectivity index (χ2n) is 5.98. The van der Waals surface area contributed by atoms with Crippen molar-refractivity contribution in [1.29, 1.82) is 0 Å². The number of hydrogen-bond acceptors (Lipinski definition) is 7. The van der Waals surface area contributed by atoms with Crippen LogP contribution in [-0.4, -0.2) is 29.2 Å². The maximum absolute atomic E-state index is 13.1. The molecule has 1 aromatic heterocycles. The molecule has 0 aliphatic rings. The first-order valence-corrected chi connectivity index (χ1v) is 8.41. The van der Waals surface area contributed by atoms with Gasteiger partial charge in [0.1, 0.15) is 11.5 Å². The molecule has 0 aliphatic carbocycles. The number of alkyl halides is 3. The van der Waals surface area contributed by atoms with Gasteiger partial charge in [-0.25, -0.2) is 4.79 Å². The summed E-state index contributed by atoms with van der Waals surface area (Å²) >= 11 is 0. The molecule has 2 aromatic rings. The topological polar surface area (TPSA) is 79.8 Å². The lowest BCUT2D eigenvalue weighted by Crippen LogP contribution is -2.14. The number of esters is 1. The maximum atomic E-state index is 13.1. The van der Waals surface area contributed by atoms with Gasteiger partial charge in [-0.15, -0.1) is 0 Å². The van der Waals surface area contributed by atoms with Crippen molar-refractivity contribution in [1.82, 2.24) is 9.97 Å². The molecule has 7 nitrogen and oxygen atoms in total. The number of hydrogen-bond donors (Lipinski definition) is 0. The average Bonchev–Trinajstić information content (AvgIpc) is 2.62. The van der Waals surface area contributed by atoms with Gasteiger partial charge in [-0.05, 0) is 32.9 Å². The number of carbonyl (C=O) groups excluding carboxylic acids is 1. The summed E-state index contributed by atoms with van der Waals surface area (Å²) in [5, 5.41) is 0. The smallest absolute Gasteiger partial charge is 0.433 e. The summed E-state index contributed by atoms with van der Waals surface area (Å²) in [5.41, 5.74) is -0.826. The zero-order valence-corrected chi connectivity index (χ0v) is 16.1. The third-order valence-corrected chi connectivity index (χ3v) is 3.31. The summed E-state index contributed by atoms with van der Waals surface area (Å²) < 4.78 is 59.9. The van der Waals surface area contributed by atoms with Crippen LogP contribution in [0.3, 0.4) is 0 Å². The molecule has 1 aromatic carbocycles. The Morgan fingerprint density at radius 1 is 1.17 bits per heavy atom. The molecule has 0 N–H and O–H groups in total. The van der Waals surface area contributed by atoms with E-state index in [0.29, 0.717) is 11.6 Å². The second kappa shape index (κ2) is 9.26. The minimum absolute atomic E-state index is 0.147. The van der Waals surface area contributed by atoms with Crippen molar-refractivity contribution in [3.63, 3.8) is 0 Å². The standard InChI is InChI=1S/C19H19F3N2O5/c1-11(2)27-18-23-15(19(20,21)22)10-16(24-18)28-13-6-5-7-14(12(13)3)29-17(25)8-9-26-4/h5-11H,1-4H3/b9-8+. The number of benzene rings is 1. The first-order valence-electron chi connectivity index (χ1n) is 8.41. The molecule has 10 heteroatoms. The van der Waals surface area contributed by atoms with Crippen LogP contribution in [-0.2, 0) is 15.7 Å². The van der Waals surface area contributed by atoms with Crippen molar-refractivity contribution >= 4 is 5.97 Å². The maximum Gasteiger partial charge on any atom is 0.433 e. The van der Waals surface area contributed by atoms with Crippen LogP contribution < -0.4 is 14.2 Å². The van der Waals surface area contributed by atoms with Crippen molar-refractivity contribution in [3.05, 3.63) is 47.9 Å². The van der Waals surface area contributed by atoms with Crippen LogP contribution in [0, 0.1) is 6.92 Å². The summed E-state index contributed by atoms with van der Waals surface area (Å²) in [4.78, 5) is 18.9. The molecule has 0 radical (unpaired) electrons. The van der Waals surface area contributed by atoms with Gasteiger partial charge in [-0.2, -0.15) is 23.1 Å². The van der Waals surface area contributed by atoms with Crippen LogP contribution in [0.25, 0.3) is 0 Å². The minimum atomic E-state index is -4.71. The lowest BCUT2D eigenvalue weighted by atomic mass is 10.2. The fraction of sp³-hybridized carbons (Fsp3) is 0.316. The van der Waals surface area contributed by atoms with Gasteiger partial charge in [0.2, 0.25) is 5.88 Å². The Kier molecular flexibility index (Phi) is 7.03. The highest BCUT2D eigenvalue weighted by Crippen LogP contribution is 2.34. The quantitative estimate of drug-likeness (QED) is 0.288. The Balaban J connectivity index is 2.34. The summed E-state index contributed by atoms with van der Waals surface area (Å²) in [5.74, 6) is -0.750. The van der Waals surface area contributed by atoms with Crippen LogP contribution in [0.2, 0.25) is 0 Å². The lowest BCUT2D eigenvalue weighted by Gasteiger charge is -2.14. The molecule has 0 saturated carbocycles. The summed E-state index contributed by atoms with van der Waals surface area (Å²) in [6.07, 6.45) is -2.93. The van der Waals surface area contributed by atoms with Gasteiger partial charge in [-0.1, -0.05) is 6.07 Å². The molecule has 0 spiro atoms. The first-order chi connectivity index (χ1) is 13.6. The largest absolute Gasteiger partial charge is 0.504 e. The van der Waals surface area contributed by atoms with E-state index in [0.717, 1.165) is 12.3 Å². The molecule has 29 heavy (non-hydrogen) atoms. The van der Waals surface area contributed by atoms with E-state index in [9.17, 15) is 18.0 Å². The Labute approximate surface area is 165 Å². The highest BCUT2D eigenvalue weighted by atomic mass is 19.4. The van der Waals surface area contributed by atoms with E-state index in [4.69, 9.17) is 14.2 Å². The highest BCUT2D eigenvalue weighted by Gasteiger charge is 2.34. The molecule has 0 saturated heterocycles. The zero-order chi connectivity index (χ0) is 21.6. The van der Waals surface area contributed by atoms with Crippen molar-refractivity contribution < 1.29 is 36.9 Å². The predicted molar refractivity (Wildman–Crippen MR) is 95.8 cm³/mol. The van der Waals surface area contributed by atoms with Gasteiger partial charge in [0.15, 0.2) is 5.69 Å². The number of nitrogens with zero attached hydrogens (tertiary/aromatic N) is 2. The number of halogens is 3. The Morgan fingerprint density at radius 2 is 1.86 bits per heavy atom. The highest BCUT2D eigenvalue weighted by molar-refractivity contribution is 5.84. The molecule has 0 bridgehead atoms. The van der Waals surface area contributed by atoms with Crippen molar-refractivity contribution in [2.45, 2.75) is 33.1 Å². The van der Waals surface area contributed by atoms with Crippen LogP contribution >= 0.6 is 0 Å². The second-order valence-corrected chi connectivity index (χ2v) is 5.98. The van der Waals surface area contributed by atoms with Crippen molar-refractivity contribution in [2.24, 2.45) is 0 Å². The minimum Gasteiger partial charge on any atom is -0.504 e. The normalized spacial score (nSPS) is 11.6. The molecule has 1 heterocycles. The van der Waals surface area contributed by atoms with Gasteiger partial charge in [0.25, 0.3) is 0 Å². The van der Waals surface area contributed by atoms with Gasteiger partial charge in [0, 0.05) is 11.6 Å². The number of rotatable bonds is 7. The van der Waals surface area contributed by atoms with Gasteiger partial charge in [0.05, 0.1) is 25.6 Å². The zero-order valence-electron chi connectivity index (χ0n) is 16.1. The molecular weight excluding hydrogens is 393 g/mol. The molecule has 156 valence electrons. The van der Waals surface area contributed by atoms with Crippen LogP contribution in [0.4, 0.5) is 13.2 Å². The number of aromatic nitrogens is 2. The molecule has 0 unspecified atom stereocenters. The third-order valence-electron chi connectivity index (χ3n) is 3.31. The average molecular weight is 412 g/mol. The first kappa shape index (κ1) is 22.0. The van der Waals surface area contributed by atoms with Crippen molar-refractivity contribution in [3.8, 4) is 23.4 Å². The van der Waals surface area contributed by atoms with E-state index in [2.05, 4.69) is 14.7 Å². The van der Waals surface area contributed by atoms with Crippen LogP contribution in [0.15, 0.2) is 36.6 Å². The van der Waals surface area contributed by atoms with E-state index in [1.54, 1.807) is 20.8 Å².